The summed E-state index contributed by atoms with van der Waals surface area (Å²) < 4.78 is 36.2. The van der Waals surface area contributed by atoms with Crippen molar-refractivity contribution in [3.05, 3.63) is 36.4 Å². The number of allylic oxidation sites excluding steroid dienone is 2. The van der Waals surface area contributed by atoms with Crippen molar-refractivity contribution in [3.8, 4) is 5.75 Å². The third kappa shape index (κ3) is 21.8. The van der Waals surface area contributed by atoms with Crippen LogP contribution < -0.4 is 4.74 Å². The average Bonchev–Trinajstić information content (AvgIpc) is 2.91. The molecule has 0 unspecified atom stereocenters. The van der Waals surface area contributed by atoms with Gasteiger partial charge in [-0.25, -0.2) is 0 Å². The first-order valence-electron chi connectivity index (χ1n) is 15.9. The lowest BCUT2D eigenvalue weighted by Gasteiger charge is -2.04. The van der Waals surface area contributed by atoms with Gasteiger partial charge in [-0.05, 0) is 43.5 Å². The van der Waals surface area contributed by atoms with Crippen molar-refractivity contribution in [3.63, 3.8) is 0 Å². The van der Waals surface area contributed by atoms with Crippen molar-refractivity contribution in [1.29, 1.82) is 0 Å². The summed E-state index contributed by atoms with van der Waals surface area (Å²) in [7, 11) is -4.24. The van der Waals surface area contributed by atoms with Crippen molar-refractivity contribution in [2.24, 2.45) is 0 Å². The minimum atomic E-state index is -4.24. The Labute approximate surface area is 239 Å². The van der Waals surface area contributed by atoms with Crippen LogP contribution in [0.1, 0.15) is 155 Å². The van der Waals surface area contributed by atoms with E-state index in [2.05, 4.69) is 13.0 Å². The normalized spacial score (nSPS) is 11.8. The number of hydrogen-bond acceptors (Lipinski definition) is 4. The molecule has 6 heteroatoms. The van der Waals surface area contributed by atoms with Crippen molar-refractivity contribution in [2.45, 2.75) is 159 Å². The predicted molar refractivity (Wildman–Crippen MR) is 163 cm³/mol. The van der Waals surface area contributed by atoms with Crippen LogP contribution in [0.15, 0.2) is 41.3 Å². The molecule has 0 aliphatic carbocycles. The van der Waals surface area contributed by atoms with E-state index in [1.54, 1.807) is 0 Å². The zero-order valence-corrected chi connectivity index (χ0v) is 25.5. The quantitative estimate of drug-likeness (QED) is 0.0398. The van der Waals surface area contributed by atoms with Gasteiger partial charge >= 0.3 is 5.97 Å². The molecule has 1 aromatic carbocycles. The summed E-state index contributed by atoms with van der Waals surface area (Å²) in [5.74, 6) is -0.0983. The van der Waals surface area contributed by atoms with Gasteiger partial charge in [0.1, 0.15) is 5.75 Å². The van der Waals surface area contributed by atoms with Gasteiger partial charge in [-0.3, -0.25) is 9.35 Å². The second-order valence-electron chi connectivity index (χ2n) is 10.9. The highest BCUT2D eigenvalue weighted by Gasteiger charge is 2.10. The zero-order valence-electron chi connectivity index (χ0n) is 24.7. The van der Waals surface area contributed by atoms with Gasteiger partial charge < -0.3 is 4.74 Å². The Kier molecular flexibility index (Phi) is 21.9. The molecule has 0 atom stereocenters. The Bertz CT molecular complexity index is 845. The number of ether oxygens (including phenoxy) is 1. The first-order valence-corrected chi connectivity index (χ1v) is 17.3. The maximum absolute atomic E-state index is 11.9. The fraction of sp³-hybridized carbons (Fsp3) is 0.727. The third-order valence-electron chi connectivity index (χ3n) is 7.26. The van der Waals surface area contributed by atoms with Gasteiger partial charge in [0.05, 0.1) is 4.90 Å². The van der Waals surface area contributed by atoms with E-state index in [-0.39, 0.29) is 23.0 Å². The second-order valence-corrected chi connectivity index (χ2v) is 12.4. The van der Waals surface area contributed by atoms with Crippen molar-refractivity contribution in [1.82, 2.24) is 0 Å². The number of hydrogen-bond donors (Lipinski definition) is 1. The van der Waals surface area contributed by atoms with E-state index in [1.807, 2.05) is 6.08 Å². The maximum atomic E-state index is 11.9. The molecular formula is C33H56O5S. The SMILES string of the molecule is CCCCCCCCCCCCCCCCCCCCCCC=CCCC(=O)Oc1ccc(S(=O)(=O)O)cc1. The molecule has 0 radical (unpaired) electrons. The van der Waals surface area contributed by atoms with E-state index >= 15 is 0 Å². The van der Waals surface area contributed by atoms with E-state index in [0.717, 1.165) is 6.42 Å². The summed E-state index contributed by atoms with van der Waals surface area (Å²) in [6.45, 7) is 2.28. The molecule has 0 fully saturated rings. The fourth-order valence-electron chi connectivity index (χ4n) is 4.82. The second kappa shape index (κ2) is 24.2. The van der Waals surface area contributed by atoms with E-state index in [0.29, 0.717) is 6.42 Å². The minimum Gasteiger partial charge on any atom is -0.427 e. The van der Waals surface area contributed by atoms with Gasteiger partial charge in [0.15, 0.2) is 0 Å². The van der Waals surface area contributed by atoms with E-state index in [4.69, 9.17) is 9.29 Å². The molecule has 1 aromatic rings. The summed E-state index contributed by atoms with van der Waals surface area (Å²) in [5, 5.41) is 0. The molecule has 0 aromatic heterocycles. The highest BCUT2D eigenvalue weighted by atomic mass is 32.2. The van der Waals surface area contributed by atoms with E-state index in [9.17, 15) is 13.2 Å². The molecular weight excluding hydrogens is 508 g/mol. The standard InChI is InChI=1S/C33H56O5S/c1-2-3-4-5-6-7-8-9-10-11-12-13-14-15-16-17-18-19-20-21-22-23-24-25-26-33(34)38-31-27-29-32(30-28-31)39(35,36)37/h23-24,27-30H,2-22,25-26H2,1H3,(H,35,36,37). The van der Waals surface area contributed by atoms with Crippen LogP contribution in [0, 0.1) is 0 Å². The monoisotopic (exact) mass is 564 g/mol. The summed E-state index contributed by atoms with van der Waals surface area (Å²) in [6, 6.07) is 5.13. The number of unbranched alkanes of at least 4 members (excludes halogenated alkanes) is 20. The van der Waals surface area contributed by atoms with Gasteiger partial charge in [0.25, 0.3) is 10.1 Å². The molecule has 1 rings (SSSR count). The molecule has 224 valence electrons. The largest absolute Gasteiger partial charge is 0.427 e. The molecule has 0 heterocycles. The minimum absolute atomic E-state index is 0.227. The molecule has 1 N–H and O–H groups in total. The lowest BCUT2D eigenvalue weighted by atomic mass is 10.0. The molecule has 0 spiro atoms. The number of esters is 1. The molecule has 0 bridgehead atoms. The van der Waals surface area contributed by atoms with Crippen LogP contribution in [-0.2, 0) is 14.9 Å². The summed E-state index contributed by atoms with van der Waals surface area (Å²) in [5.41, 5.74) is 0. The Hall–Kier alpha value is -1.66. The lowest BCUT2D eigenvalue weighted by molar-refractivity contribution is -0.134. The molecule has 5 nitrogen and oxygen atoms in total. The van der Waals surface area contributed by atoms with Crippen LogP contribution in [0.3, 0.4) is 0 Å². The first kappa shape index (κ1) is 35.4. The smallest absolute Gasteiger partial charge is 0.311 e. The number of rotatable bonds is 26. The van der Waals surface area contributed by atoms with Crippen LogP contribution in [0.25, 0.3) is 0 Å². The van der Waals surface area contributed by atoms with Crippen LogP contribution in [0.2, 0.25) is 0 Å². The Morgan fingerprint density at radius 1 is 0.641 bits per heavy atom. The highest BCUT2D eigenvalue weighted by Crippen LogP contribution is 2.17. The molecule has 39 heavy (non-hydrogen) atoms. The van der Waals surface area contributed by atoms with Crippen LogP contribution in [0.5, 0.6) is 5.75 Å². The Morgan fingerprint density at radius 3 is 1.44 bits per heavy atom. The summed E-state index contributed by atoms with van der Waals surface area (Å²) >= 11 is 0. The van der Waals surface area contributed by atoms with E-state index < -0.39 is 10.1 Å². The van der Waals surface area contributed by atoms with Crippen molar-refractivity contribution >= 4 is 16.1 Å². The van der Waals surface area contributed by atoms with Gasteiger partial charge in [-0.15, -0.1) is 0 Å². The topological polar surface area (TPSA) is 80.7 Å². The van der Waals surface area contributed by atoms with Crippen LogP contribution in [-0.4, -0.2) is 18.9 Å². The molecule has 0 aliphatic heterocycles. The number of carbonyl (C=O) groups is 1. The van der Waals surface area contributed by atoms with Gasteiger partial charge in [-0.2, -0.15) is 8.42 Å². The van der Waals surface area contributed by atoms with E-state index in [1.165, 1.54) is 153 Å². The van der Waals surface area contributed by atoms with Gasteiger partial charge in [-0.1, -0.05) is 141 Å². The third-order valence-corrected chi connectivity index (χ3v) is 8.13. The molecule has 0 aliphatic rings. The van der Waals surface area contributed by atoms with Gasteiger partial charge in [0.2, 0.25) is 0 Å². The van der Waals surface area contributed by atoms with Crippen molar-refractivity contribution < 1.29 is 22.5 Å². The maximum Gasteiger partial charge on any atom is 0.311 e. The number of benzene rings is 1. The number of carbonyl (C=O) groups excluding carboxylic acids is 1. The average molecular weight is 565 g/mol. The van der Waals surface area contributed by atoms with Crippen LogP contribution >= 0.6 is 0 Å². The zero-order chi connectivity index (χ0) is 28.4. The highest BCUT2D eigenvalue weighted by molar-refractivity contribution is 7.85. The Morgan fingerprint density at radius 2 is 1.03 bits per heavy atom. The lowest BCUT2D eigenvalue weighted by Crippen LogP contribution is -2.07. The van der Waals surface area contributed by atoms with Gasteiger partial charge in [0, 0.05) is 6.42 Å². The summed E-state index contributed by atoms with van der Waals surface area (Å²) in [4.78, 5) is 11.7. The van der Waals surface area contributed by atoms with Crippen LogP contribution in [0.4, 0.5) is 0 Å². The molecule has 0 saturated heterocycles. The fourth-order valence-corrected chi connectivity index (χ4v) is 5.30. The summed E-state index contributed by atoms with van der Waals surface area (Å²) in [6.07, 6.45) is 34.0. The first-order chi connectivity index (χ1) is 18.9. The molecule has 0 saturated carbocycles. The van der Waals surface area contributed by atoms with Crippen molar-refractivity contribution in [2.75, 3.05) is 0 Å². The predicted octanol–water partition coefficient (Wildman–Crippen LogP) is 10.4. The Balaban J connectivity index is 1.81. The molecule has 0 amide bonds.